The summed E-state index contributed by atoms with van der Waals surface area (Å²) in [6, 6.07) is 3.67. The van der Waals surface area contributed by atoms with E-state index in [0.717, 1.165) is 6.42 Å². The number of fused-ring (bicyclic) bond motifs is 1. The molecule has 1 fully saturated rings. The van der Waals surface area contributed by atoms with Crippen LogP contribution in [0.4, 0.5) is 0 Å². The fourth-order valence-corrected chi connectivity index (χ4v) is 2.42. The van der Waals surface area contributed by atoms with Crippen molar-refractivity contribution in [3.05, 3.63) is 36.3 Å². The van der Waals surface area contributed by atoms with E-state index in [1.54, 1.807) is 19.5 Å². The number of hydrogen-bond acceptors (Lipinski definition) is 5. The van der Waals surface area contributed by atoms with Crippen LogP contribution in [0.3, 0.4) is 0 Å². The molecule has 1 aromatic rings. The van der Waals surface area contributed by atoms with Crippen molar-refractivity contribution in [3.63, 3.8) is 0 Å². The summed E-state index contributed by atoms with van der Waals surface area (Å²) in [6.45, 7) is 1.88. The second kappa shape index (κ2) is 5.59. The van der Waals surface area contributed by atoms with Crippen LogP contribution in [0, 0.1) is 5.92 Å². The van der Waals surface area contributed by atoms with Gasteiger partial charge in [-0.15, -0.1) is 0 Å². The van der Waals surface area contributed by atoms with Gasteiger partial charge in [-0.05, 0) is 37.5 Å². The monoisotopic (exact) mass is 266 g/mol. The summed E-state index contributed by atoms with van der Waals surface area (Å²) in [5, 5.41) is 19.6. The third-order valence-electron chi connectivity index (χ3n) is 3.59. The summed E-state index contributed by atoms with van der Waals surface area (Å²) in [5.74, 6) is -0.350. The first kappa shape index (κ1) is 13.8. The van der Waals surface area contributed by atoms with Crippen molar-refractivity contribution in [3.8, 4) is 0 Å². The Morgan fingerprint density at radius 2 is 2.00 bits per heavy atom. The zero-order chi connectivity index (χ0) is 13.9. The highest BCUT2D eigenvalue weighted by Gasteiger charge is 2.44. The Morgan fingerprint density at radius 1 is 1.32 bits per heavy atom. The van der Waals surface area contributed by atoms with Crippen LogP contribution in [-0.4, -0.2) is 34.5 Å². The van der Waals surface area contributed by atoms with E-state index in [2.05, 4.69) is 4.42 Å². The van der Waals surface area contributed by atoms with Crippen molar-refractivity contribution in [1.82, 2.24) is 0 Å². The van der Waals surface area contributed by atoms with E-state index in [9.17, 15) is 15.0 Å². The Balaban J connectivity index is 0.000000224. The maximum absolute atomic E-state index is 11.0. The highest BCUT2D eigenvalue weighted by atomic mass is 16.5. The Bertz CT molecular complexity index is 429. The van der Waals surface area contributed by atoms with Gasteiger partial charge in [-0.25, -0.2) is 4.79 Å². The standard InChI is InChI=1S/C10H14O4.C4H4O/c1-10(13)7-4-9(12)14-5-6(7)2-3-8(10)11;1-2-4-5-3-1/h4,6,8,11,13H,2-3,5H2,1H3;1-4H/t6?,8?,10-;/m1./s1. The van der Waals surface area contributed by atoms with Gasteiger partial charge in [0, 0.05) is 12.0 Å². The molecule has 3 atom stereocenters. The topological polar surface area (TPSA) is 79.9 Å². The van der Waals surface area contributed by atoms with Crippen molar-refractivity contribution in [2.75, 3.05) is 6.61 Å². The van der Waals surface area contributed by atoms with E-state index in [0.29, 0.717) is 18.6 Å². The van der Waals surface area contributed by atoms with Gasteiger partial charge in [-0.2, -0.15) is 0 Å². The lowest BCUT2D eigenvalue weighted by Gasteiger charge is -2.42. The zero-order valence-corrected chi connectivity index (χ0v) is 10.8. The quantitative estimate of drug-likeness (QED) is 0.691. The van der Waals surface area contributed by atoms with Crippen molar-refractivity contribution in [1.29, 1.82) is 0 Å². The molecule has 19 heavy (non-hydrogen) atoms. The molecule has 3 rings (SSSR count). The Morgan fingerprint density at radius 3 is 2.58 bits per heavy atom. The number of hydrogen-bond donors (Lipinski definition) is 2. The predicted molar refractivity (Wildman–Crippen MR) is 67.1 cm³/mol. The number of carbonyl (C=O) groups is 1. The molecule has 2 unspecified atom stereocenters. The largest absolute Gasteiger partial charge is 0.473 e. The molecular formula is C14H18O5. The van der Waals surface area contributed by atoms with Crippen LogP contribution in [0.5, 0.6) is 0 Å². The molecule has 0 radical (unpaired) electrons. The lowest BCUT2D eigenvalue weighted by Crippen LogP contribution is -2.49. The SMILES string of the molecule is C[C@@]1(O)C2=CC(=O)OCC2CCC1O.c1ccoc1. The van der Waals surface area contributed by atoms with Gasteiger partial charge in [-0.3, -0.25) is 0 Å². The van der Waals surface area contributed by atoms with E-state index in [-0.39, 0.29) is 5.92 Å². The molecule has 0 saturated heterocycles. The van der Waals surface area contributed by atoms with Gasteiger partial charge in [0.2, 0.25) is 0 Å². The molecule has 1 aliphatic heterocycles. The number of cyclic esters (lactones) is 1. The lowest BCUT2D eigenvalue weighted by molar-refractivity contribution is -0.143. The molecule has 0 aromatic carbocycles. The summed E-state index contributed by atoms with van der Waals surface area (Å²) < 4.78 is 9.45. The van der Waals surface area contributed by atoms with Crippen LogP contribution in [0.1, 0.15) is 19.8 Å². The van der Waals surface area contributed by atoms with Crippen molar-refractivity contribution < 1.29 is 24.2 Å². The molecule has 0 amide bonds. The second-order valence-corrected chi connectivity index (χ2v) is 4.96. The van der Waals surface area contributed by atoms with Crippen molar-refractivity contribution >= 4 is 5.97 Å². The summed E-state index contributed by atoms with van der Waals surface area (Å²) in [6.07, 6.45) is 5.09. The van der Waals surface area contributed by atoms with Crippen LogP contribution in [0.25, 0.3) is 0 Å². The fraction of sp³-hybridized carbons (Fsp3) is 0.500. The molecule has 0 bridgehead atoms. The molecule has 1 saturated carbocycles. The smallest absolute Gasteiger partial charge is 0.330 e. The Hall–Kier alpha value is -1.59. The molecule has 5 nitrogen and oxygen atoms in total. The zero-order valence-electron chi connectivity index (χ0n) is 10.8. The highest BCUT2D eigenvalue weighted by molar-refractivity contribution is 5.84. The summed E-state index contributed by atoms with van der Waals surface area (Å²) >= 11 is 0. The average Bonchev–Trinajstić information content (AvgIpc) is 2.94. The van der Waals surface area contributed by atoms with Gasteiger partial charge in [0.25, 0.3) is 0 Å². The minimum atomic E-state index is -1.28. The van der Waals surface area contributed by atoms with Crippen LogP contribution in [-0.2, 0) is 9.53 Å². The highest BCUT2D eigenvalue weighted by Crippen LogP contribution is 2.39. The first-order valence-corrected chi connectivity index (χ1v) is 6.28. The summed E-state index contributed by atoms with van der Waals surface area (Å²) in [4.78, 5) is 11.0. The van der Waals surface area contributed by atoms with Crippen molar-refractivity contribution in [2.24, 2.45) is 5.92 Å². The molecule has 2 N–H and O–H groups in total. The second-order valence-electron chi connectivity index (χ2n) is 4.96. The molecular weight excluding hydrogens is 248 g/mol. The number of carbonyl (C=O) groups excluding carboxylic acids is 1. The van der Waals surface area contributed by atoms with E-state index < -0.39 is 17.7 Å². The molecule has 1 aliphatic carbocycles. The van der Waals surface area contributed by atoms with Gasteiger partial charge in [-0.1, -0.05) is 0 Å². The number of furan rings is 1. The minimum absolute atomic E-state index is 0.0751. The maximum Gasteiger partial charge on any atom is 0.330 e. The predicted octanol–water partition coefficient (Wildman–Crippen LogP) is 1.27. The molecule has 2 aliphatic rings. The number of esters is 1. The Labute approximate surface area is 111 Å². The number of ether oxygens (including phenoxy) is 1. The summed E-state index contributed by atoms with van der Waals surface area (Å²) in [5.41, 5.74) is -0.657. The molecule has 2 heterocycles. The van der Waals surface area contributed by atoms with Gasteiger partial charge in [0.1, 0.15) is 5.60 Å². The molecule has 1 aromatic heterocycles. The first-order chi connectivity index (χ1) is 9.01. The van der Waals surface area contributed by atoms with E-state index >= 15 is 0 Å². The average molecular weight is 266 g/mol. The maximum atomic E-state index is 11.0. The van der Waals surface area contributed by atoms with Crippen LogP contribution in [0.15, 0.2) is 40.7 Å². The number of aliphatic hydroxyl groups excluding tert-OH is 1. The number of rotatable bonds is 0. The van der Waals surface area contributed by atoms with Crippen LogP contribution < -0.4 is 0 Å². The third kappa shape index (κ3) is 3.05. The van der Waals surface area contributed by atoms with Gasteiger partial charge in [0.05, 0.1) is 25.2 Å². The van der Waals surface area contributed by atoms with Crippen molar-refractivity contribution in [2.45, 2.75) is 31.5 Å². The van der Waals surface area contributed by atoms with Gasteiger partial charge >= 0.3 is 5.97 Å². The normalized spacial score (nSPS) is 33.4. The summed E-state index contributed by atoms with van der Waals surface area (Å²) in [7, 11) is 0. The fourth-order valence-electron chi connectivity index (χ4n) is 2.42. The van der Waals surface area contributed by atoms with Crippen LogP contribution in [0.2, 0.25) is 0 Å². The minimum Gasteiger partial charge on any atom is -0.473 e. The van der Waals surface area contributed by atoms with E-state index in [4.69, 9.17) is 4.74 Å². The Kier molecular flexibility index (Phi) is 4.07. The first-order valence-electron chi connectivity index (χ1n) is 6.28. The van der Waals surface area contributed by atoms with Crippen LogP contribution >= 0.6 is 0 Å². The molecule has 104 valence electrons. The third-order valence-corrected chi connectivity index (χ3v) is 3.59. The van der Waals surface area contributed by atoms with E-state index in [1.807, 2.05) is 12.1 Å². The number of aliphatic hydroxyl groups is 2. The molecule has 0 spiro atoms. The van der Waals surface area contributed by atoms with Gasteiger partial charge in [0.15, 0.2) is 0 Å². The lowest BCUT2D eigenvalue weighted by atomic mass is 9.72. The van der Waals surface area contributed by atoms with Gasteiger partial charge < -0.3 is 19.4 Å². The van der Waals surface area contributed by atoms with E-state index in [1.165, 1.54) is 6.08 Å². The molecule has 5 heteroatoms.